The second-order valence-electron chi connectivity index (χ2n) is 4.82. The summed E-state index contributed by atoms with van der Waals surface area (Å²) < 4.78 is 42.7. The number of nitrogens with two attached hydrogens (primary N) is 1. The number of hydrogen-bond acceptors (Lipinski definition) is 2. The van der Waals surface area contributed by atoms with E-state index in [4.69, 9.17) is 5.73 Å². The molecule has 2 N–H and O–H groups in total. The van der Waals surface area contributed by atoms with Crippen molar-refractivity contribution < 1.29 is 17.9 Å². The maximum Gasteiger partial charge on any atom is 0.387 e. The summed E-state index contributed by atoms with van der Waals surface area (Å²) in [6, 6.07) is 3.78. The summed E-state index contributed by atoms with van der Waals surface area (Å²) >= 11 is 0. The van der Waals surface area contributed by atoms with E-state index in [1.165, 1.54) is 18.2 Å². The average molecular weight is 301 g/mol. The first-order chi connectivity index (χ1) is 10.1. The molecule has 7 heteroatoms. The number of rotatable bonds is 4. The predicted molar refractivity (Wildman–Crippen MR) is 73.8 cm³/mol. The average Bonchev–Trinajstić information content (AvgIpc) is 2.46. The highest BCUT2D eigenvalue weighted by Crippen LogP contribution is 2.24. The second-order valence-corrected chi connectivity index (χ2v) is 4.82. The number of hydrogen-bond donors (Lipinski definition) is 1. The molecule has 21 heavy (non-hydrogen) atoms. The fourth-order valence-corrected chi connectivity index (χ4v) is 2.28. The Hall–Kier alpha value is -1.92. The highest BCUT2D eigenvalue weighted by atomic mass is 19.3. The van der Waals surface area contributed by atoms with Crippen molar-refractivity contribution in [3.05, 3.63) is 29.6 Å². The zero-order valence-corrected chi connectivity index (χ0v) is 11.6. The van der Waals surface area contributed by atoms with Crippen LogP contribution in [-0.2, 0) is 6.54 Å². The normalized spacial score (nSPS) is 16.4. The Bertz CT molecular complexity index is 502. The maximum absolute atomic E-state index is 13.7. The lowest BCUT2D eigenvalue weighted by Gasteiger charge is -2.27. The quantitative estimate of drug-likeness (QED) is 0.687. The minimum Gasteiger partial charge on any atom is -0.434 e. The third-order valence-corrected chi connectivity index (χ3v) is 3.37. The minimum absolute atomic E-state index is 0.0160. The van der Waals surface area contributed by atoms with Gasteiger partial charge in [0.1, 0.15) is 11.6 Å². The second kappa shape index (κ2) is 7.19. The van der Waals surface area contributed by atoms with Crippen molar-refractivity contribution in [2.75, 3.05) is 13.1 Å². The number of guanidine groups is 1. The monoisotopic (exact) mass is 301 g/mol. The molecule has 1 aromatic carbocycles. The molecule has 1 aromatic rings. The number of alkyl halides is 2. The number of nitrogens with zero attached hydrogens (tertiary/aromatic N) is 2. The van der Waals surface area contributed by atoms with Crippen molar-refractivity contribution in [2.24, 2.45) is 10.7 Å². The molecule has 1 aliphatic heterocycles. The molecule has 1 heterocycles. The van der Waals surface area contributed by atoms with Gasteiger partial charge in [0.05, 0.1) is 12.1 Å². The Morgan fingerprint density at radius 3 is 2.67 bits per heavy atom. The SMILES string of the molecule is NC(=NCc1c(F)cccc1OC(F)F)N1CCCCC1. The Kier molecular flexibility index (Phi) is 5.30. The van der Waals surface area contributed by atoms with Crippen molar-refractivity contribution in [1.82, 2.24) is 4.90 Å². The first-order valence-electron chi connectivity index (χ1n) is 6.85. The van der Waals surface area contributed by atoms with Crippen molar-refractivity contribution in [3.8, 4) is 5.75 Å². The Labute approximate surface area is 121 Å². The third-order valence-electron chi connectivity index (χ3n) is 3.37. The van der Waals surface area contributed by atoms with E-state index in [1.54, 1.807) is 0 Å². The molecule has 1 fully saturated rings. The summed E-state index contributed by atoms with van der Waals surface area (Å²) in [5, 5.41) is 0. The van der Waals surface area contributed by atoms with Gasteiger partial charge in [-0.1, -0.05) is 6.07 Å². The highest BCUT2D eigenvalue weighted by molar-refractivity contribution is 5.78. The molecule has 0 aromatic heterocycles. The van der Waals surface area contributed by atoms with Crippen molar-refractivity contribution >= 4 is 5.96 Å². The fourth-order valence-electron chi connectivity index (χ4n) is 2.28. The Morgan fingerprint density at radius 1 is 1.29 bits per heavy atom. The first-order valence-corrected chi connectivity index (χ1v) is 6.85. The third kappa shape index (κ3) is 4.27. The molecule has 0 aliphatic carbocycles. The van der Waals surface area contributed by atoms with Crippen LogP contribution < -0.4 is 10.5 Å². The van der Waals surface area contributed by atoms with Crippen LogP contribution in [0.1, 0.15) is 24.8 Å². The molecule has 2 rings (SSSR count). The molecule has 4 nitrogen and oxygen atoms in total. The van der Waals surface area contributed by atoms with Crippen LogP contribution in [0.5, 0.6) is 5.75 Å². The van der Waals surface area contributed by atoms with E-state index in [0.29, 0.717) is 5.96 Å². The van der Waals surface area contributed by atoms with Crippen LogP contribution >= 0.6 is 0 Å². The zero-order valence-electron chi connectivity index (χ0n) is 11.6. The van der Waals surface area contributed by atoms with Crippen LogP contribution in [0.3, 0.4) is 0 Å². The van der Waals surface area contributed by atoms with Gasteiger partial charge in [-0.05, 0) is 31.4 Å². The molecule has 1 saturated heterocycles. The number of piperidine rings is 1. The summed E-state index contributed by atoms with van der Waals surface area (Å²) in [5.74, 6) is -0.538. The Balaban J connectivity index is 2.11. The van der Waals surface area contributed by atoms with Crippen molar-refractivity contribution in [1.29, 1.82) is 0 Å². The van der Waals surface area contributed by atoms with Crippen LogP contribution in [0, 0.1) is 5.82 Å². The van der Waals surface area contributed by atoms with E-state index in [0.717, 1.165) is 32.4 Å². The first kappa shape index (κ1) is 15.5. The summed E-state index contributed by atoms with van der Waals surface area (Å²) in [5.41, 5.74) is 5.85. The number of benzene rings is 1. The molecule has 0 radical (unpaired) electrons. The number of likely N-dealkylation sites (tertiary alicyclic amines) is 1. The van der Waals surface area contributed by atoms with Gasteiger partial charge >= 0.3 is 6.61 Å². The lowest BCUT2D eigenvalue weighted by Crippen LogP contribution is -2.40. The van der Waals surface area contributed by atoms with E-state index in [-0.39, 0.29) is 17.9 Å². The molecule has 0 spiro atoms. The van der Waals surface area contributed by atoms with Crippen LogP contribution in [0.2, 0.25) is 0 Å². The van der Waals surface area contributed by atoms with Gasteiger partial charge in [0.15, 0.2) is 5.96 Å². The standard InChI is InChI=1S/C14H18F3N3O/c15-11-5-4-6-12(21-13(16)17)10(11)9-19-14(18)20-7-2-1-3-8-20/h4-6,13H,1-3,7-9H2,(H2,18,19). The van der Waals surface area contributed by atoms with Gasteiger partial charge in [-0.3, -0.25) is 0 Å². The summed E-state index contributed by atoms with van der Waals surface area (Å²) in [6.07, 6.45) is 3.23. The number of aliphatic imine (C=N–C) groups is 1. The molecule has 116 valence electrons. The van der Waals surface area contributed by atoms with Gasteiger partial charge in [0.2, 0.25) is 0 Å². The van der Waals surface area contributed by atoms with Crippen LogP contribution in [0.4, 0.5) is 13.2 Å². The molecule has 0 unspecified atom stereocenters. The van der Waals surface area contributed by atoms with Gasteiger partial charge in [-0.15, -0.1) is 0 Å². The molecule has 0 bridgehead atoms. The topological polar surface area (TPSA) is 50.9 Å². The molecule has 0 atom stereocenters. The highest BCUT2D eigenvalue weighted by Gasteiger charge is 2.15. The fraction of sp³-hybridized carbons (Fsp3) is 0.500. The van der Waals surface area contributed by atoms with Crippen molar-refractivity contribution in [2.45, 2.75) is 32.4 Å². The van der Waals surface area contributed by atoms with Gasteiger partial charge in [0.25, 0.3) is 0 Å². The maximum atomic E-state index is 13.7. The largest absolute Gasteiger partial charge is 0.434 e. The minimum atomic E-state index is -3.01. The molecule has 0 saturated carbocycles. The van der Waals surface area contributed by atoms with E-state index in [9.17, 15) is 13.2 Å². The molecular formula is C14H18F3N3O. The smallest absolute Gasteiger partial charge is 0.387 e. The summed E-state index contributed by atoms with van der Waals surface area (Å²) in [4.78, 5) is 6.02. The van der Waals surface area contributed by atoms with Gasteiger partial charge < -0.3 is 15.4 Å². The predicted octanol–water partition coefficient (Wildman–Crippen LogP) is 2.73. The summed E-state index contributed by atoms with van der Waals surface area (Å²) in [7, 11) is 0. The van der Waals surface area contributed by atoms with Gasteiger partial charge in [-0.25, -0.2) is 9.38 Å². The number of ether oxygens (including phenoxy) is 1. The molecule has 1 aliphatic rings. The van der Waals surface area contributed by atoms with E-state index in [1.807, 2.05) is 4.90 Å². The van der Waals surface area contributed by atoms with Gasteiger partial charge in [0, 0.05) is 13.1 Å². The van der Waals surface area contributed by atoms with E-state index in [2.05, 4.69) is 9.73 Å². The number of halogens is 3. The zero-order chi connectivity index (χ0) is 15.2. The lowest BCUT2D eigenvalue weighted by atomic mass is 10.1. The molecular weight excluding hydrogens is 283 g/mol. The van der Waals surface area contributed by atoms with E-state index >= 15 is 0 Å². The summed E-state index contributed by atoms with van der Waals surface area (Å²) in [6.45, 7) is -1.51. The van der Waals surface area contributed by atoms with Crippen LogP contribution in [0.15, 0.2) is 23.2 Å². The lowest BCUT2D eigenvalue weighted by molar-refractivity contribution is -0.0506. The van der Waals surface area contributed by atoms with Gasteiger partial charge in [-0.2, -0.15) is 8.78 Å². The molecule has 0 amide bonds. The Morgan fingerprint density at radius 2 is 2.00 bits per heavy atom. The van der Waals surface area contributed by atoms with Crippen molar-refractivity contribution in [3.63, 3.8) is 0 Å². The van der Waals surface area contributed by atoms with Crippen LogP contribution in [-0.4, -0.2) is 30.6 Å². The van der Waals surface area contributed by atoms with E-state index < -0.39 is 12.4 Å². The van der Waals surface area contributed by atoms with Crippen LogP contribution in [0.25, 0.3) is 0 Å².